The van der Waals surface area contributed by atoms with E-state index < -0.39 is 29.5 Å². The molecule has 0 saturated carbocycles. The minimum atomic E-state index is -0.537. The quantitative estimate of drug-likeness (QED) is 0.558. The van der Waals surface area contributed by atoms with Crippen LogP contribution in [0.15, 0.2) is 48.5 Å². The number of carbonyl (C=O) groups is 5. The molecule has 1 heterocycles. The predicted octanol–water partition coefficient (Wildman–Crippen LogP) is 0.917. The number of nitrogens with zero attached hydrogens (tertiary/aromatic N) is 1. The van der Waals surface area contributed by atoms with Gasteiger partial charge in [-0.1, -0.05) is 24.3 Å². The highest BCUT2D eigenvalue weighted by Crippen LogP contribution is 2.22. The van der Waals surface area contributed by atoms with Crippen LogP contribution in [0, 0.1) is 0 Å². The van der Waals surface area contributed by atoms with Crippen molar-refractivity contribution in [1.29, 1.82) is 0 Å². The van der Waals surface area contributed by atoms with E-state index in [1.807, 2.05) is 0 Å². The van der Waals surface area contributed by atoms with Gasteiger partial charge in [0.05, 0.1) is 22.4 Å². The maximum Gasteiger partial charge on any atom is 0.261 e. The molecule has 0 aliphatic carbocycles. The number of amides is 5. The maximum atomic E-state index is 12.4. The van der Waals surface area contributed by atoms with E-state index in [1.165, 1.54) is 6.07 Å². The summed E-state index contributed by atoms with van der Waals surface area (Å²) in [5.41, 5.74) is 6.18. The van der Waals surface area contributed by atoms with Crippen LogP contribution in [0.25, 0.3) is 0 Å². The zero-order chi connectivity index (χ0) is 21.7. The lowest BCUT2D eigenvalue weighted by Gasteiger charge is -2.14. The van der Waals surface area contributed by atoms with Crippen LogP contribution in [-0.4, -0.2) is 47.5 Å². The zero-order valence-electron chi connectivity index (χ0n) is 16.0. The molecule has 0 bridgehead atoms. The van der Waals surface area contributed by atoms with Crippen LogP contribution in [-0.2, 0) is 9.59 Å². The van der Waals surface area contributed by atoms with E-state index in [0.29, 0.717) is 11.1 Å². The van der Waals surface area contributed by atoms with Gasteiger partial charge in [0.25, 0.3) is 17.7 Å². The number of rotatable bonds is 8. The first-order valence-corrected chi connectivity index (χ1v) is 9.29. The number of carbonyl (C=O) groups excluding carboxylic acids is 5. The number of para-hydroxylation sites is 1. The van der Waals surface area contributed by atoms with E-state index in [1.54, 1.807) is 42.5 Å². The van der Waals surface area contributed by atoms with Crippen molar-refractivity contribution < 1.29 is 24.0 Å². The Morgan fingerprint density at radius 1 is 0.867 bits per heavy atom. The molecule has 154 valence electrons. The van der Waals surface area contributed by atoms with Gasteiger partial charge in [-0.2, -0.15) is 0 Å². The smallest absolute Gasteiger partial charge is 0.261 e. The number of benzene rings is 2. The van der Waals surface area contributed by atoms with Crippen LogP contribution in [0.3, 0.4) is 0 Å². The number of fused-ring (bicyclic) bond motifs is 1. The van der Waals surface area contributed by atoms with Gasteiger partial charge in [0.15, 0.2) is 0 Å². The molecular formula is C21H20N4O5. The Balaban J connectivity index is 1.60. The number of anilines is 1. The Bertz CT molecular complexity index is 999. The summed E-state index contributed by atoms with van der Waals surface area (Å²) >= 11 is 0. The molecule has 4 N–H and O–H groups in total. The second kappa shape index (κ2) is 8.99. The van der Waals surface area contributed by atoms with Crippen molar-refractivity contribution in [3.8, 4) is 0 Å². The first kappa shape index (κ1) is 20.7. The largest absolute Gasteiger partial charge is 0.370 e. The Morgan fingerprint density at radius 3 is 2.10 bits per heavy atom. The van der Waals surface area contributed by atoms with E-state index in [9.17, 15) is 24.0 Å². The fraction of sp³-hybridized carbons (Fsp3) is 0.190. The summed E-state index contributed by atoms with van der Waals surface area (Å²) in [5.74, 6) is -2.32. The summed E-state index contributed by atoms with van der Waals surface area (Å²) < 4.78 is 0. The fourth-order valence-corrected chi connectivity index (χ4v) is 3.05. The SMILES string of the molecule is NC(=O)CCNC(=O)c1ccccc1NC(=O)CCN1C(=O)c2ccccc2C1=O. The molecule has 0 saturated heterocycles. The van der Waals surface area contributed by atoms with Gasteiger partial charge in [-0.05, 0) is 24.3 Å². The lowest BCUT2D eigenvalue weighted by Crippen LogP contribution is -2.33. The fourth-order valence-electron chi connectivity index (χ4n) is 3.05. The van der Waals surface area contributed by atoms with E-state index in [-0.39, 0.29) is 37.2 Å². The van der Waals surface area contributed by atoms with Crippen LogP contribution in [0.4, 0.5) is 5.69 Å². The predicted molar refractivity (Wildman–Crippen MR) is 108 cm³/mol. The molecule has 3 rings (SSSR count). The summed E-state index contributed by atoms with van der Waals surface area (Å²) in [6, 6.07) is 12.9. The summed E-state index contributed by atoms with van der Waals surface area (Å²) in [4.78, 5) is 61.2. The van der Waals surface area contributed by atoms with Crippen LogP contribution >= 0.6 is 0 Å². The topological polar surface area (TPSA) is 139 Å². The summed E-state index contributed by atoms with van der Waals surface area (Å²) in [5, 5.41) is 5.18. The molecule has 1 aliphatic rings. The number of hydrogen-bond donors (Lipinski definition) is 3. The molecular weight excluding hydrogens is 388 g/mol. The number of hydrogen-bond acceptors (Lipinski definition) is 5. The number of primary amides is 1. The first-order valence-electron chi connectivity index (χ1n) is 9.29. The standard InChI is InChI=1S/C21H20N4O5/c22-17(26)9-11-23-19(28)15-7-3-4-8-16(15)24-18(27)10-12-25-20(29)13-5-1-2-6-14(13)21(25)30/h1-8H,9-12H2,(H2,22,26)(H,23,28)(H,24,27). The van der Waals surface area contributed by atoms with Crippen molar-refractivity contribution in [1.82, 2.24) is 10.2 Å². The number of nitrogens with one attached hydrogen (secondary N) is 2. The monoisotopic (exact) mass is 408 g/mol. The first-order chi connectivity index (χ1) is 14.4. The molecule has 2 aromatic rings. The van der Waals surface area contributed by atoms with Gasteiger partial charge in [0.2, 0.25) is 11.8 Å². The van der Waals surface area contributed by atoms with Gasteiger partial charge in [-0.15, -0.1) is 0 Å². The lowest BCUT2D eigenvalue weighted by atomic mass is 10.1. The van der Waals surface area contributed by atoms with E-state index >= 15 is 0 Å². The molecule has 0 atom stereocenters. The molecule has 0 unspecified atom stereocenters. The molecule has 0 fully saturated rings. The van der Waals surface area contributed by atoms with Crippen molar-refractivity contribution in [3.05, 3.63) is 65.2 Å². The van der Waals surface area contributed by atoms with Crippen molar-refractivity contribution in [2.75, 3.05) is 18.4 Å². The third-order valence-electron chi connectivity index (χ3n) is 4.54. The van der Waals surface area contributed by atoms with Gasteiger partial charge >= 0.3 is 0 Å². The minimum absolute atomic E-state index is 0.000543. The second-order valence-electron chi connectivity index (χ2n) is 6.62. The van der Waals surface area contributed by atoms with E-state index in [2.05, 4.69) is 10.6 Å². The normalized spacial score (nSPS) is 12.5. The maximum absolute atomic E-state index is 12.4. The van der Waals surface area contributed by atoms with Crippen molar-refractivity contribution >= 4 is 35.2 Å². The summed E-state index contributed by atoms with van der Waals surface area (Å²) in [6.07, 6.45) is -0.121. The summed E-state index contributed by atoms with van der Waals surface area (Å²) in [6.45, 7) is 0.00133. The lowest BCUT2D eigenvalue weighted by molar-refractivity contribution is -0.118. The third kappa shape index (κ3) is 4.52. The Morgan fingerprint density at radius 2 is 1.47 bits per heavy atom. The molecule has 30 heavy (non-hydrogen) atoms. The molecule has 0 aromatic heterocycles. The number of nitrogens with two attached hydrogens (primary N) is 1. The molecule has 1 aliphatic heterocycles. The molecule has 0 spiro atoms. The van der Waals surface area contributed by atoms with Gasteiger partial charge < -0.3 is 16.4 Å². The van der Waals surface area contributed by atoms with Crippen LogP contribution in [0.1, 0.15) is 43.9 Å². The summed E-state index contributed by atoms with van der Waals surface area (Å²) in [7, 11) is 0. The van der Waals surface area contributed by atoms with Gasteiger partial charge in [-0.3, -0.25) is 28.9 Å². The van der Waals surface area contributed by atoms with Crippen molar-refractivity contribution in [2.45, 2.75) is 12.8 Å². The van der Waals surface area contributed by atoms with Gasteiger partial charge in [0, 0.05) is 25.9 Å². The molecule has 5 amide bonds. The Labute approximate surface area is 172 Å². The van der Waals surface area contributed by atoms with Gasteiger partial charge in [-0.25, -0.2) is 0 Å². The number of imide groups is 1. The van der Waals surface area contributed by atoms with Crippen LogP contribution < -0.4 is 16.4 Å². The van der Waals surface area contributed by atoms with Crippen LogP contribution in [0.2, 0.25) is 0 Å². The Hall–Kier alpha value is -4.01. The minimum Gasteiger partial charge on any atom is -0.370 e. The molecule has 2 aromatic carbocycles. The zero-order valence-corrected chi connectivity index (χ0v) is 16.0. The highest BCUT2D eigenvalue weighted by molar-refractivity contribution is 6.21. The third-order valence-corrected chi connectivity index (χ3v) is 4.54. The molecule has 0 radical (unpaired) electrons. The highest BCUT2D eigenvalue weighted by Gasteiger charge is 2.35. The second-order valence-corrected chi connectivity index (χ2v) is 6.62. The molecule has 9 heteroatoms. The molecule has 9 nitrogen and oxygen atoms in total. The van der Waals surface area contributed by atoms with Crippen molar-refractivity contribution in [3.63, 3.8) is 0 Å². The highest BCUT2D eigenvalue weighted by atomic mass is 16.2. The van der Waals surface area contributed by atoms with E-state index in [4.69, 9.17) is 5.73 Å². The average Bonchev–Trinajstić information content (AvgIpc) is 2.97. The van der Waals surface area contributed by atoms with E-state index in [0.717, 1.165) is 4.90 Å². The Kier molecular flexibility index (Phi) is 6.21. The van der Waals surface area contributed by atoms with Crippen molar-refractivity contribution in [2.24, 2.45) is 5.73 Å². The van der Waals surface area contributed by atoms with Crippen LogP contribution in [0.5, 0.6) is 0 Å². The average molecular weight is 408 g/mol. The van der Waals surface area contributed by atoms with Gasteiger partial charge in [0.1, 0.15) is 0 Å².